The Labute approximate surface area is 118 Å². The summed E-state index contributed by atoms with van der Waals surface area (Å²) in [6.45, 7) is 5.28. The quantitative estimate of drug-likeness (QED) is 0.849. The molecule has 1 aromatic heterocycles. The Morgan fingerprint density at radius 2 is 1.75 bits per heavy atom. The molecule has 2 N–H and O–H groups in total. The van der Waals surface area contributed by atoms with E-state index < -0.39 is 0 Å². The average Bonchev–Trinajstić information content (AvgIpc) is 2.47. The molecule has 0 bridgehead atoms. The lowest BCUT2D eigenvalue weighted by Crippen LogP contribution is -2.10. The summed E-state index contributed by atoms with van der Waals surface area (Å²) in [4.78, 5) is 8.49. The molecule has 0 unspecified atom stereocenters. The predicted octanol–water partition coefficient (Wildman–Crippen LogP) is 3.22. The van der Waals surface area contributed by atoms with Crippen LogP contribution in [0.25, 0.3) is 0 Å². The molecule has 0 atom stereocenters. The number of benzene rings is 1. The lowest BCUT2D eigenvalue weighted by Gasteiger charge is -2.14. The van der Waals surface area contributed by atoms with Crippen molar-refractivity contribution in [3.05, 3.63) is 47.5 Å². The molecule has 0 spiro atoms. The minimum absolute atomic E-state index is 0.209. The fourth-order valence-corrected chi connectivity index (χ4v) is 2.04. The van der Waals surface area contributed by atoms with Crippen molar-refractivity contribution in [2.75, 3.05) is 17.2 Å². The smallest absolute Gasteiger partial charge is 0.134 e. The Balaban J connectivity index is 2.17. The van der Waals surface area contributed by atoms with E-state index in [-0.39, 0.29) is 5.82 Å². The number of anilines is 2. The van der Waals surface area contributed by atoms with Gasteiger partial charge < -0.3 is 10.6 Å². The van der Waals surface area contributed by atoms with Crippen LogP contribution in [0.15, 0.2) is 30.6 Å². The van der Waals surface area contributed by atoms with Gasteiger partial charge in [0.05, 0.1) is 0 Å². The molecule has 0 saturated carbocycles. The lowest BCUT2D eigenvalue weighted by atomic mass is 10.2. The number of nitrogens with zero attached hydrogens (tertiary/aromatic N) is 2. The number of aromatic nitrogens is 2. The molecular weight excluding hydrogens is 255 g/mol. The lowest BCUT2D eigenvalue weighted by molar-refractivity contribution is 0.613. The Kier molecular flexibility index (Phi) is 4.87. The molecule has 2 aromatic rings. The fourth-order valence-electron chi connectivity index (χ4n) is 2.04. The molecule has 106 valence electrons. The Morgan fingerprint density at radius 1 is 1.05 bits per heavy atom. The van der Waals surface area contributed by atoms with Crippen molar-refractivity contribution in [1.29, 1.82) is 0 Å². The molecular formula is C15H19FN4. The first-order valence-corrected chi connectivity index (χ1v) is 6.81. The Morgan fingerprint density at radius 3 is 2.40 bits per heavy atom. The third-order valence-corrected chi connectivity index (χ3v) is 3.05. The van der Waals surface area contributed by atoms with Crippen molar-refractivity contribution < 1.29 is 4.39 Å². The van der Waals surface area contributed by atoms with Crippen LogP contribution in [-0.4, -0.2) is 16.5 Å². The van der Waals surface area contributed by atoms with Gasteiger partial charge in [-0.1, -0.05) is 25.1 Å². The molecule has 0 saturated heterocycles. The summed E-state index contributed by atoms with van der Waals surface area (Å²) in [5.74, 6) is 1.38. The van der Waals surface area contributed by atoms with Crippen molar-refractivity contribution in [3.8, 4) is 0 Å². The highest BCUT2D eigenvalue weighted by atomic mass is 19.1. The van der Waals surface area contributed by atoms with Gasteiger partial charge in [-0.2, -0.15) is 0 Å². The van der Waals surface area contributed by atoms with Gasteiger partial charge in [0.15, 0.2) is 0 Å². The molecule has 2 rings (SSSR count). The van der Waals surface area contributed by atoms with Crippen molar-refractivity contribution in [1.82, 2.24) is 9.97 Å². The van der Waals surface area contributed by atoms with Crippen molar-refractivity contribution in [3.63, 3.8) is 0 Å². The first-order valence-electron chi connectivity index (χ1n) is 6.81. The standard InChI is InChI=1S/C15H19FN4/c1-3-12-14(17-4-2)19-10-20-15(12)18-9-11-7-5-6-8-13(11)16/h5-8,10H,3-4,9H2,1-2H3,(H2,17,18,19,20). The molecule has 20 heavy (non-hydrogen) atoms. The van der Waals surface area contributed by atoms with E-state index in [0.717, 1.165) is 30.2 Å². The largest absolute Gasteiger partial charge is 0.370 e. The molecule has 0 aliphatic rings. The summed E-state index contributed by atoms with van der Waals surface area (Å²) in [6.07, 6.45) is 2.32. The summed E-state index contributed by atoms with van der Waals surface area (Å²) in [5, 5.41) is 6.40. The van der Waals surface area contributed by atoms with Crippen LogP contribution in [-0.2, 0) is 13.0 Å². The summed E-state index contributed by atoms with van der Waals surface area (Å²) in [7, 11) is 0. The zero-order valence-electron chi connectivity index (χ0n) is 11.8. The van der Waals surface area contributed by atoms with E-state index >= 15 is 0 Å². The van der Waals surface area contributed by atoms with Gasteiger partial charge >= 0.3 is 0 Å². The molecule has 0 aliphatic heterocycles. The molecule has 5 heteroatoms. The Hall–Kier alpha value is -2.17. The zero-order chi connectivity index (χ0) is 14.4. The number of hydrogen-bond acceptors (Lipinski definition) is 4. The molecule has 0 radical (unpaired) electrons. The number of rotatable bonds is 6. The van der Waals surface area contributed by atoms with E-state index in [4.69, 9.17) is 0 Å². The van der Waals surface area contributed by atoms with Crippen LogP contribution >= 0.6 is 0 Å². The second-order valence-electron chi connectivity index (χ2n) is 4.38. The monoisotopic (exact) mass is 274 g/mol. The van der Waals surface area contributed by atoms with Gasteiger partial charge in [-0.05, 0) is 19.4 Å². The van der Waals surface area contributed by atoms with Gasteiger partial charge in [-0.25, -0.2) is 14.4 Å². The topological polar surface area (TPSA) is 49.8 Å². The predicted molar refractivity (Wildman–Crippen MR) is 79.3 cm³/mol. The SMILES string of the molecule is CCNc1ncnc(NCc2ccccc2F)c1CC. The highest BCUT2D eigenvalue weighted by Gasteiger charge is 2.09. The average molecular weight is 274 g/mol. The van der Waals surface area contributed by atoms with Crippen molar-refractivity contribution in [2.45, 2.75) is 26.8 Å². The second kappa shape index (κ2) is 6.84. The molecule has 0 fully saturated rings. The molecule has 0 aliphatic carbocycles. The highest BCUT2D eigenvalue weighted by Crippen LogP contribution is 2.21. The normalized spacial score (nSPS) is 10.3. The van der Waals surface area contributed by atoms with Crippen LogP contribution in [0.1, 0.15) is 25.0 Å². The van der Waals surface area contributed by atoms with Gasteiger partial charge in [0.1, 0.15) is 23.8 Å². The molecule has 1 aromatic carbocycles. The van der Waals surface area contributed by atoms with E-state index in [1.54, 1.807) is 12.1 Å². The third-order valence-electron chi connectivity index (χ3n) is 3.05. The van der Waals surface area contributed by atoms with Crippen LogP contribution in [0, 0.1) is 5.82 Å². The second-order valence-corrected chi connectivity index (χ2v) is 4.38. The van der Waals surface area contributed by atoms with Gasteiger partial charge in [-0.3, -0.25) is 0 Å². The van der Waals surface area contributed by atoms with Gasteiger partial charge in [0.25, 0.3) is 0 Å². The maximum Gasteiger partial charge on any atom is 0.134 e. The van der Waals surface area contributed by atoms with Crippen LogP contribution in [0.5, 0.6) is 0 Å². The van der Waals surface area contributed by atoms with Gasteiger partial charge in [0, 0.05) is 24.2 Å². The van der Waals surface area contributed by atoms with E-state index in [2.05, 4.69) is 20.6 Å². The van der Waals surface area contributed by atoms with Crippen LogP contribution in [0.4, 0.5) is 16.0 Å². The number of nitrogens with one attached hydrogen (secondary N) is 2. The number of hydrogen-bond donors (Lipinski definition) is 2. The van der Waals surface area contributed by atoms with E-state index in [0.29, 0.717) is 12.1 Å². The summed E-state index contributed by atoms with van der Waals surface area (Å²) < 4.78 is 13.6. The van der Waals surface area contributed by atoms with Crippen LogP contribution in [0.2, 0.25) is 0 Å². The number of halogens is 1. The van der Waals surface area contributed by atoms with Gasteiger partial charge in [0.2, 0.25) is 0 Å². The molecule has 0 amide bonds. The summed E-state index contributed by atoms with van der Waals surface area (Å²) >= 11 is 0. The minimum atomic E-state index is -0.209. The summed E-state index contributed by atoms with van der Waals surface area (Å²) in [6, 6.07) is 6.73. The first kappa shape index (κ1) is 14.2. The van der Waals surface area contributed by atoms with E-state index in [9.17, 15) is 4.39 Å². The van der Waals surface area contributed by atoms with E-state index in [1.807, 2.05) is 19.9 Å². The highest BCUT2D eigenvalue weighted by molar-refractivity contribution is 5.57. The van der Waals surface area contributed by atoms with Gasteiger partial charge in [-0.15, -0.1) is 0 Å². The minimum Gasteiger partial charge on any atom is -0.370 e. The maximum atomic E-state index is 13.6. The van der Waals surface area contributed by atoms with Crippen LogP contribution in [0.3, 0.4) is 0 Å². The van der Waals surface area contributed by atoms with Crippen molar-refractivity contribution >= 4 is 11.6 Å². The summed E-state index contributed by atoms with van der Waals surface area (Å²) in [5.41, 5.74) is 1.64. The fraction of sp³-hybridized carbons (Fsp3) is 0.333. The maximum absolute atomic E-state index is 13.6. The van der Waals surface area contributed by atoms with E-state index in [1.165, 1.54) is 12.4 Å². The molecule has 4 nitrogen and oxygen atoms in total. The Bertz CT molecular complexity index is 572. The zero-order valence-corrected chi connectivity index (χ0v) is 11.8. The third kappa shape index (κ3) is 3.23. The van der Waals surface area contributed by atoms with Crippen LogP contribution < -0.4 is 10.6 Å². The molecule has 1 heterocycles. The first-order chi connectivity index (χ1) is 9.76. The van der Waals surface area contributed by atoms with Crippen molar-refractivity contribution in [2.24, 2.45) is 0 Å².